The summed E-state index contributed by atoms with van der Waals surface area (Å²) in [4.78, 5) is 16.1. The van der Waals surface area contributed by atoms with E-state index in [9.17, 15) is 4.79 Å². The minimum atomic E-state index is -0.166. The van der Waals surface area contributed by atoms with Gasteiger partial charge < -0.3 is 10.6 Å². The minimum absolute atomic E-state index is 0.166. The number of rotatable bonds is 5. The van der Waals surface area contributed by atoms with Gasteiger partial charge in [-0.15, -0.1) is 0 Å². The van der Waals surface area contributed by atoms with Gasteiger partial charge in [0.25, 0.3) is 5.91 Å². The summed E-state index contributed by atoms with van der Waals surface area (Å²) in [5.74, 6) is 0.515. The van der Waals surface area contributed by atoms with Crippen LogP contribution in [-0.2, 0) is 13.5 Å². The summed E-state index contributed by atoms with van der Waals surface area (Å²) in [6.07, 6.45) is 4.49. The Morgan fingerprint density at radius 3 is 2.95 bits per heavy atom. The number of anilines is 1. The zero-order valence-electron chi connectivity index (χ0n) is 11.1. The lowest BCUT2D eigenvalue weighted by atomic mass is 10.2. The maximum absolute atomic E-state index is 11.9. The van der Waals surface area contributed by atoms with Crippen molar-refractivity contribution in [2.75, 3.05) is 18.9 Å². The molecule has 0 bridgehead atoms. The molecule has 19 heavy (non-hydrogen) atoms. The average molecular weight is 259 g/mol. The van der Waals surface area contributed by atoms with Crippen molar-refractivity contribution >= 4 is 11.7 Å². The Balaban J connectivity index is 1.87. The van der Waals surface area contributed by atoms with E-state index in [-0.39, 0.29) is 5.91 Å². The monoisotopic (exact) mass is 259 g/mol. The molecule has 0 aliphatic heterocycles. The van der Waals surface area contributed by atoms with E-state index in [2.05, 4.69) is 20.7 Å². The molecule has 0 saturated carbocycles. The van der Waals surface area contributed by atoms with Crippen molar-refractivity contribution < 1.29 is 4.79 Å². The topological polar surface area (TPSA) is 71.8 Å². The van der Waals surface area contributed by atoms with Gasteiger partial charge in [-0.05, 0) is 24.1 Å². The molecule has 0 fully saturated rings. The number of pyridine rings is 1. The van der Waals surface area contributed by atoms with Crippen LogP contribution in [0.1, 0.15) is 16.1 Å². The fourth-order valence-electron chi connectivity index (χ4n) is 1.71. The second-order valence-corrected chi connectivity index (χ2v) is 4.19. The van der Waals surface area contributed by atoms with Crippen LogP contribution in [0.25, 0.3) is 0 Å². The molecule has 0 spiro atoms. The number of aryl methyl sites for hydroxylation is 1. The maximum Gasteiger partial charge on any atom is 0.269 e. The number of nitrogens with zero attached hydrogens (tertiary/aromatic N) is 3. The fraction of sp³-hybridized carbons (Fsp3) is 0.308. The summed E-state index contributed by atoms with van der Waals surface area (Å²) >= 11 is 0. The van der Waals surface area contributed by atoms with Gasteiger partial charge in [0.1, 0.15) is 11.5 Å². The van der Waals surface area contributed by atoms with Crippen LogP contribution in [0, 0.1) is 0 Å². The summed E-state index contributed by atoms with van der Waals surface area (Å²) in [6, 6.07) is 5.31. The quantitative estimate of drug-likeness (QED) is 0.834. The Labute approximate surface area is 111 Å². The lowest BCUT2D eigenvalue weighted by Crippen LogP contribution is -2.26. The molecule has 0 unspecified atom stereocenters. The smallest absolute Gasteiger partial charge is 0.269 e. The molecule has 0 aromatic carbocycles. The van der Waals surface area contributed by atoms with Crippen LogP contribution in [0.5, 0.6) is 0 Å². The van der Waals surface area contributed by atoms with Crippen LogP contribution in [0.3, 0.4) is 0 Å². The van der Waals surface area contributed by atoms with Gasteiger partial charge in [0.2, 0.25) is 0 Å². The van der Waals surface area contributed by atoms with Crippen LogP contribution in [-0.4, -0.2) is 34.3 Å². The van der Waals surface area contributed by atoms with Crippen LogP contribution < -0.4 is 10.6 Å². The van der Waals surface area contributed by atoms with Crippen molar-refractivity contribution in [3.63, 3.8) is 0 Å². The van der Waals surface area contributed by atoms with Gasteiger partial charge in [0.05, 0.1) is 6.20 Å². The Morgan fingerprint density at radius 2 is 2.26 bits per heavy atom. The van der Waals surface area contributed by atoms with E-state index in [1.807, 2.05) is 19.3 Å². The van der Waals surface area contributed by atoms with Crippen molar-refractivity contribution in [1.82, 2.24) is 20.1 Å². The molecular formula is C13H17N5O. The van der Waals surface area contributed by atoms with E-state index < -0.39 is 0 Å². The molecule has 6 nitrogen and oxygen atoms in total. The van der Waals surface area contributed by atoms with Gasteiger partial charge in [-0.1, -0.05) is 6.07 Å². The van der Waals surface area contributed by atoms with Crippen LogP contribution in [0.2, 0.25) is 0 Å². The number of carbonyl (C=O) groups is 1. The van der Waals surface area contributed by atoms with Gasteiger partial charge in [-0.2, -0.15) is 5.10 Å². The molecule has 2 aromatic rings. The van der Waals surface area contributed by atoms with E-state index >= 15 is 0 Å². The van der Waals surface area contributed by atoms with Crippen molar-refractivity contribution in [2.45, 2.75) is 6.42 Å². The molecule has 0 aliphatic rings. The number of nitrogens with one attached hydrogen (secondary N) is 2. The first-order chi connectivity index (χ1) is 9.19. The molecule has 2 aromatic heterocycles. The fourth-order valence-corrected chi connectivity index (χ4v) is 1.71. The van der Waals surface area contributed by atoms with Crippen molar-refractivity contribution in [3.8, 4) is 0 Å². The van der Waals surface area contributed by atoms with Gasteiger partial charge in [0.15, 0.2) is 0 Å². The third-order valence-corrected chi connectivity index (χ3v) is 2.70. The molecule has 100 valence electrons. The SMILES string of the molecule is CNc1cccc(C(=O)NCCc2cnn(C)c2)n1. The highest BCUT2D eigenvalue weighted by molar-refractivity contribution is 5.92. The standard InChI is InChI=1S/C13H17N5O/c1-14-12-5-3-4-11(17-12)13(19)15-7-6-10-8-16-18(2)9-10/h3-5,8-9H,6-7H2,1-2H3,(H,14,17)(H,15,19). The Kier molecular flexibility index (Phi) is 4.12. The highest BCUT2D eigenvalue weighted by atomic mass is 16.1. The van der Waals surface area contributed by atoms with Crippen molar-refractivity contribution in [2.24, 2.45) is 7.05 Å². The van der Waals surface area contributed by atoms with Gasteiger partial charge in [-0.3, -0.25) is 9.48 Å². The molecule has 6 heteroatoms. The first kappa shape index (κ1) is 13.1. The molecule has 2 rings (SSSR count). The average Bonchev–Trinajstić information content (AvgIpc) is 2.84. The second kappa shape index (κ2) is 5.99. The van der Waals surface area contributed by atoms with E-state index in [0.717, 1.165) is 12.0 Å². The highest BCUT2D eigenvalue weighted by Crippen LogP contribution is 2.03. The van der Waals surface area contributed by atoms with E-state index in [4.69, 9.17) is 0 Å². The maximum atomic E-state index is 11.9. The molecule has 0 atom stereocenters. The number of hydrogen-bond acceptors (Lipinski definition) is 4. The number of carbonyl (C=O) groups excluding carboxylic acids is 1. The predicted octanol–water partition coefficient (Wildman–Crippen LogP) is 0.829. The van der Waals surface area contributed by atoms with Crippen LogP contribution in [0.15, 0.2) is 30.6 Å². The van der Waals surface area contributed by atoms with Crippen molar-refractivity contribution in [3.05, 3.63) is 41.9 Å². The van der Waals surface area contributed by atoms with E-state index in [0.29, 0.717) is 18.1 Å². The minimum Gasteiger partial charge on any atom is -0.373 e. The largest absolute Gasteiger partial charge is 0.373 e. The summed E-state index contributed by atoms with van der Waals surface area (Å²) in [5.41, 5.74) is 1.51. The van der Waals surface area contributed by atoms with E-state index in [1.54, 1.807) is 30.1 Å². The van der Waals surface area contributed by atoms with Gasteiger partial charge in [0, 0.05) is 26.8 Å². The third kappa shape index (κ3) is 3.54. The molecule has 0 saturated heterocycles. The predicted molar refractivity (Wildman–Crippen MR) is 73.0 cm³/mol. The first-order valence-corrected chi connectivity index (χ1v) is 6.09. The number of amides is 1. The number of aromatic nitrogens is 3. The van der Waals surface area contributed by atoms with Crippen LogP contribution in [0.4, 0.5) is 5.82 Å². The summed E-state index contributed by atoms with van der Waals surface area (Å²) in [6.45, 7) is 0.565. The van der Waals surface area contributed by atoms with Gasteiger partial charge in [-0.25, -0.2) is 4.98 Å². The summed E-state index contributed by atoms with van der Waals surface area (Å²) in [5, 5.41) is 9.83. The highest BCUT2D eigenvalue weighted by Gasteiger charge is 2.07. The molecule has 1 amide bonds. The molecule has 2 heterocycles. The Morgan fingerprint density at radius 1 is 1.42 bits per heavy atom. The molecule has 2 N–H and O–H groups in total. The lowest BCUT2D eigenvalue weighted by Gasteiger charge is -2.05. The summed E-state index contributed by atoms with van der Waals surface area (Å²) in [7, 11) is 3.64. The first-order valence-electron chi connectivity index (χ1n) is 6.09. The second-order valence-electron chi connectivity index (χ2n) is 4.19. The number of hydrogen-bond donors (Lipinski definition) is 2. The molecular weight excluding hydrogens is 242 g/mol. The summed E-state index contributed by atoms with van der Waals surface area (Å²) < 4.78 is 1.75. The zero-order valence-corrected chi connectivity index (χ0v) is 11.1. The Bertz CT molecular complexity index is 564. The normalized spacial score (nSPS) is 10.2. The molecule has 0 aliphatic carbocycles. The van der Waals surface area contributed by atoms with Gasteiger partial charge >= 0.3 is 0 Å². The lowest BCUT2D eigenvalue weighted by molar-refractivity contribution is 0.0949. The van der Waals surface area contributed by atoms with E-state index in [1.165, 1.54) is 0 Å². The third-order valence-electron chi connectivity index (χ3n) is 2.70. The zero-order chi connectivity index (χ0) is 13.7. The van der Waals surface area contributed by atoms with Crippen molar-refractivity contribution in [1.29, 1.82) is 0 Å². The molecule has 0 radical (unpaired) electrons. The Hall–Kier alpha value is -2.37. The van der Waals surface area contributed by atoms with Crippen LogP contribution >= 0.6 is 0 Å².